The summed E-state index contributed by atoms with van der Waals surface area (Å²) < 4.78 is 0. The number of H-pyrrole nitrogens is 1. The van der Waals surface area contributed by atoms with Gasteiger partial charge in [0.2, 0.25) is 0 Å². The molecule has 24 heavy (non-hydrogen) atoms. The van der Waals surface area contributed by atoms with Crippen LogP contribution in [-0.2, 0) is 6.42 Å². The van der Waals surface area contributed by atoms with Gasteiger partial charge in [-0.1, -0.05) is 41.9 Å². The van der Waals surface area contributed by atoms with Crippen LogP contribution < -0.4 is 4.90 Å². The largest absolute Gasteiger partial charge is 0.304 e. The van der Waals surface area contributed by atoms with Crippen molar-refractivity contribution in [1.29, 1.82) is 0 Å². The Morgan fingerprint density at radius 2 is 1.96 bits per heavy atom. The Kier molecular flexibility index (Phi) is 3.62. The Bertz CT molecular complexity index is 901. The molecule has 1 unspecified atom stereocenters. The molecule has 0 fully saturated rings. The van der Waals surface area contributed by atoms with Crippen LogP contribution in [-0.4, -0.2) is 22.1 Å². The van der Waals surface area contributed by atoms with Gasteiger partial charge in [-0.3, -0.25) is 9.89 Å². The molecule has 5 heteroatoms. The smallest absolute Gasteiger partial charge is 0.276 e. The Hall–Kier alpha value is -2.59. The molecule has 0 bridgehead atoms. The summed E-state index contributed by atoms with van der Waals surface area (Å²) in [5.74, 6) is -0.0554. The van der Waals surface area contributed by atoms with Gasteiger partial charge in [0.05, 0.1) is 5.69 Å². The first-order chi connectivity index (χ1) is 11.6. The maximum absolute atomic E-state index is 13.0. The minimum absolute atomic E-state index is 0.0554. The van der Waals surface area contributed by atoms with Crippen LogP contribution in [0.25, 0.3) is 11.3 Å². The standard InChI is InChI=1S/C19H16ClN3O/c1-12-10-14-4-2-3-5-18(14)23(12)19(24)17-11-16(21-22-17)13-6-8-15(20)9-7-13/h2-9,11-12H,10H2,1H3,(H,21,22). The lowest BCUT2D eigenvalue weighted by molar-refractivity contribution is 0.0976. The molecule has 4 nitrogen and oxygen atoms in total. The van der Waals surface area contributed by atoms with E-state index in [1.54, 1.807) is 6.07 Å². The van der Waals surface area contributed by atoms with E-state index in [1.807, 2.05) is 47.4 Å². The highest BCUT2D eigenvalue weighted by Gasteiger charge is 2.32. The lowest BCUT2D eigenvalue weighted by Gasteiger charge is -2.21. The Balaban J connectivity index is 1.65. The van der Waals surface area contributed by atoms with Gasteiger partial charge in [0, 0.05) is 22.3 Å². The lowest BCUT2D eigenvalue weighted by Crippen LogP contribution is -2.35. The Morgan fingerprint density at radius 1 is 1.21 bits per heavy atom. The molecule has 0 radical (unpaired) electrons. The van der Waals surface area contributed by atoms with Crippen molar-refractivity contribution in [3.05, 3.63) is 70.9 Å². The number of para-hydroxylation sites is 1. The number of aromatic nitrogens is 2. The zero-order chi connectivity index (χ0) is 16.7. The quantitative estimate of drug-likeness (QED) is 0.757. The van der Waals surface area contributed by atoms with Gasteiger partial charge in [-0.2, -0.15) is 5.10 Å². The van der Waals surface area contributed by atoms with Crippen molar-refractivity contribution in [3.63, 3.8) is 0 Å². The fourth-order valence-electron chi connectivity index (χ4n) is 3.20. The molecule has 0 saturated carbocycles. The third-order valence-electron chi connectivity index (χ3n) is 4.37. The molecule has 1 N–H and O–H groups in total. The van der Waals surface area contributed by atoms with Gasteiger partial charge >= 0.3 is 0 Å². The molecule has 4 rings (SSSR count). The predicted molar refractivity (Wildman–Crippen MR) is 95.5 cm³/mol. The zero-order valence-corrected chi connectivity index (χ0v) is 13.9. The van der Waals surface area contributed by atoms with Crippen molar-refractivity contribution < 1.29 is 4.79 Å². The molecule has 0 spiro atoms. The van der Waals surface area contributed by atoms with Gasteiger partial charge in [0.15, 0.2) is 0 Å². The molecule has 2 aromatic carbocycles. The van der Waals surface area contributed by atoms with Crippen molar-refractivity contribution in [1.82, 2.24) is 10.2 Å². The molecule has 1 amide bonds. The summed E-state index contributed by atoms with van der Waals surface area (Å²) in [6.45, 7) is 2.06. The minimum atomic E-state index is -0.0554. The van der Waals surface area contributed by atoms with E-state index in [4.69, 9.17) is 11.6 Å². The van der Waals surface area contributed by atoms with E-state index in [0.29, 0.717) is 10.7 Å². The molecule has 0 saturated heterocycles. The van der Waals surface area contributed by atoms with Gasteiger partial charge < -0.3 is 4.90 Å². The second-order valence-corrected chi connectivity index (χ2v) is 6.47. The predicted octanol–water partition coefficient (Wildman–Crippen LogP) is 4.32. The average molecular weight is 338 g/mol. The average Bonchev–Trinajstić information content (AvgIpc) is 3.19. The topological polar surface area (TPSA) is 49.0 Å². The first-order valence-corrected chi connectivity index (χ1v) is 8.24. The lowest BCUT2D eigenvalue weighted by atomic mass is 10.1. The van der Waals surface area contributed by atoms with Crippen LogP contribution in [0.15, 0.2) is 54.6 Å². The van der Waals surface area contributed by atoms with Gasteiger partial charge in [0.25, 0.3) is 5.91 Å². The second kappa shape index (κ2) is 5.80. The number of aromatic amines is 1. The molecule has 2 heterocycles. The third kappa shape index (κ3) is 2.49. The highest BCUT2D eigenvalue weighted by Crippen LogP contribution is 2.33. The number of rotatable bonds is 2. The number of hydrogen-bond donors (Lipinski definition) is 1. The highest BCUT2D eigenvalue weighted by molar-refractivity contribution is 6.30. The number of amides is 1. The normalized spacial score (nSPS) is 16.2. The SMILES string of the molecule is CC1Cc2ccccc2N1C(=O)c1cc(-c2ccc(Cl)cc2)n[nH]1. The monoisotopic (exact) mass is 337 g/mol. The maximum Gasteiger partial charge on any atom is 0.276 e. The number of anilines is 1. The van der Waals surface area contributed by atoms with Gasteiger partial charge in [-0.15, -0.1) is 0 Å². The molecule has 1 atom stereocenters. The van der Waals surface area contributed by atoms with Gasteiger partial charge in [-0.25, -0.2) is 0 Å². The van der Waals surface area contributed by atoms with E-state index in [1.165, 1.54) is 5.56 Å². The number of halogens is 1. The summed E-state index contributed by atoms with van der Waals surface area (Å²) >= 11 is 5.92. The Labute approximate surface area is 145 Å². The third-order valence-corrected chi connectivity index (χ3v) is 4.63. The molecular weight excluding hydrogens is 322 g/mol. The number of carbonyl (C=O) groups is 1. The van der Waals surface area contributed by atoms with E-state index in [-0.39, 0.29) is 11.9 Å². The molecule has 3 aromatic rings. The van der Waals surface area contributed by atoms with E-state index < -0.39 is 0 Å². The van der Waals surface area contributed by atoms with Crippen molar-refractivity contribution in [2.24, 2.45) is 0 Å². The van der Waals surface area contributed by atoms with Crippen molar-refractivity contribution in [3.8, 4) is 11.3 Å². The molecule has 1 aliphatic heterocycles. The number of nitrogens with zero attached hydrogens (tertiary/aromatic N) is 2. The summed E-state index contributed by atoms with van der Waals surface area (Å²) in [6, 6.07) is 17.4. The van der Waals surface area contributed by atoms with E-state index in [0.717, 1.165) is 23.4 Å². The van der Waals surface area contributed by atoms with E-state index >= 15 is 0 Å². The Morgan fingerprint density at radius 3 is 2.75 bits per heavy atom. The highest BCUT2D eigenvalue weighted by atomic mass is 35.5. The van der Waals surface area contributed by atoms with Crippen LogP contribution in [0.2, 0.25) is 5.02 Å². The van der Waals surface area contributed by atoms with Gasteiger partial charge in [-0.05, 0) is 43.2 Å². The zero-order valence-electron chi connectivity index (χ0n) is 13.2. The van der Waals surface area contributed by atoms with Gasteiger partial charge in [0.1, 0.15) is 5.69 Å². The van der Waals surface area contributed by atoms with Crippen LogP contribution in [0.4, 0.5) is 5.69 Å². The van der Waals surface area contributed by atoms with Crippen LogP contribution in [0.1, 0.15) is 23.0 Å². The first kappa shape index (κ1) is 15.0. The summed E-state index contributed by atoms with van der Waals surface area (Å²) in [5, 5.41) is 7.82. The van der Waals surface area contributed by atoms with Crippen LogP contribution in [0, 0.1) is 0 Å². The molecule has 1 aliphatic rings. The minimum Gasteiger partial charge on any atom is -0.304 e. The number of benzene rings is 2. The molecule has 120 valence electrons. The summed E-state index contributed by atoms with van der Waals surface area (Å²) in [6.07, 6.45) is 0.875. The van der Waals surface area contributed by atoms with Crippen LogP contribution in [0.3, 0.4) is 0 Å². The summed E-state index contributed by atoms with van der Waals surface area (Å²) in [5.41, 5.74) is 4.33. The second-order valence-electron chi connectivity index (χ2n) is 6.03. The molecule has 1 aromatic heterocycles. The fourth-order valence-corrected chi connectivity index (χ4v) is 3.33. The van der Waals surface area contributed by atoms with Crippen molar-refractivity contribution in [2.75, 3.05) is 4.90 Å². The number of fused-ring (bicyclic) bond motifs is 1. The summed E-state index contributed by atoms with van der Waals surface area (Å²) in [4.78, 5) is 14.8. The van der Waals surface area contributed by atoms with Crippen molar-refractivity contribution >= 4 is 23.2 Å². The van der Waals surface area contributed by atoms with E-state index in [9.17, 15) is 4.79 Å². The number of carbonyl (C=O) groups excluding carboxylic acids is 1. The maximum atomic E-state index is 13.0. The molecular formula is C19H16ClN3O. The fraction of sp³-hybridized carbons (Fsp3) is 0.158. The van der Waals surface area contributed by atoms with Crippen LogP contribution >= 0.6 is 11.6 Å². The first-order valence-electron chi connectivity index (χ1n) is 7.86. The van der Waals surface area contributed by atoms with Crippen molar-refractivity contribution in [2.45, 2.75) is 19.4 Å². The number of hydrogen-bond acceptors (Lipinski definition) is 2. The van der Waals surface area contributed by atoms with E-state index in [2.05, 4.69) is 23.2 Å². The molecule has 0 aliphatic carbocycles. The summed E-state index contributed by atoms with van der Waals surface area (Å²) in [7, 11) is 0. The van der Waals surface area contributed by atoms with Crippen LogP contribution in [0.5, 0.6) is 0 Å². The number of nitrogens with one attached hydrogen (secondary N) is 1.